The molecule has 4 rings (SSSR count). The van der Waals surface area contributed by atoms with Gasteiger partial charge in [0.15, 0.2) is 0 Å². The van der Waals surface area contributed by atoms with Crippen LogP contribution >= 0.6 is 11.6 Å². The summed E-state index contributed by atoms with van der Waals surface area (Å²) >= 11 is 6.15. The van der Waals surface area contributed by atoms with Gasteiger partial charge in [0.1, 0.15) is 30.0 Å². The molecular formula is C25H19ClO6. The average molecular weight is 451 g/mol. The summed E-state index contributed by atoms with van der Waals surface area (Å²) in [6, 6.07) is 18.7. The molecule has 1 aromatic heterocycles. The van der Waals surface area contributed by atoms with Crippen LogP contribution in [0.3, 0.4) is 0 Å². The van der Waals surface area contributed by atoms with Crippen molar-refractivity contribution in [3.8, 4) is 17.2 Å². The standard InChI is InChI=1S/C25H19ClO6/c1-2-29-25(28)16-7-9-18(10-8-16)32-23-15-31-22-13-19(11-12-20(22)24(23)27)30-14-17-5-3-4-6-21(17)26/h3-13,15H,2,14H2,1H3. The van der Waals surface area contributed by atoms with E-state index in [9.17, 15) is 9.59 Å². The number of benzene rings is 3. The second-order valence-electron chi connectivity index (χ2n) is 6.81. The van der Waals surface area contributed by atoms with Crippen LogP contribution in [0.4, 0.5) is 0 Å². The van der Waals surface area contributed by atoms with E-state index in [1.54, 1.807) is 55.5 Å². The molecule has 0 fully saturated rings. The fraction of sp³-hybridized carbons (Fsp3) is 0.120. The third-order valence-corrected chi connectivity index (χ3v) is 5.03. The minimum Gasteiger partial charge on any atom is -0.489 e. The fourth-order valence-corrected chi connectivity index (χ4v) is 3.22. The maximum atomic E-state index is 12.8. The van der Waals surface area contributed by atoms with E-state index in [-0.39, 0.29) is 11.2 Å². The molecule has 0 radical (unpaired) electrons. The molecule has 0 amide bonds. The van der Waals surface area contributed by atoms with Crippen LogP contribution in [-0.2, 0) is 11.3 Å². The monoisotopic (exact) mass is 450 g/mol. The van der Waals surface area contributed by atoms with E-state index in [1.165, 1.54) is 6.26 Å². The molecule has 0 saturated heterocycles. The maximum absolute atomic E-state index is 12.8. The highest BCUT2D eigenvalue weighted by Gasteiger charge is 2.12. The summed E-state index contributed by atoms with van der Waals surface area (Å²) in [6.07, 6.45) is 1.25. The van der Waals surface area contributed by atoms with Crippen molar-refractivity contribution in [1.82, 2.24) is 0 Å². The summed E-state index contributed by atoms with van der Waals surface area (Å²) in [5.74, 6) is 0.552. The molecule has 0 N–H and O–H groups in total. The van der Waals surface area contributed by atoms with Crippen LogP contribution in [0.25, 0.3) is 11.0 Å². The summed E-state index contributed by atoms with van der Waals surface area (Å²) in [5, 5.41) is 0.979. The minimum absolute atomic E-state index is 0.0334. The van der Waals surface area contributed by atoms with Crippen LogP contribution < -0.4 is 14.9 Å². The number of carbonyl (C=O) groups is 1. The number of ether oxygens (including phenoxy) is 3. The topological polar surface area (TPSA) is 75.0 Å². The highest BCUT2D eigenvalue weighted by molar-refractivity contribution is 6.31. The Morgan fingerprint density at radius 3 is 2.50 bits per heavy atom. The molecule has 0 aliphatic carbocycles. The first-order valence-corrected chi connectivity index (χ1v) is 10.3. The lowest BCUT2D eigenvalue weighted by Crippen LogP contribution is -2.06. The molecule has 3 aromatic carbocycles. The van der Waals surface area contributed by atoms with Crippen molar-refractivity contribution in [2.24, 2.45) is 0 Å². The van der Waals surface area contributed by atoms with Gasteiger partial charge in [0.05, 0.1) is 17.6 Å². The second kappa shape index (κ2) is 9.58. The molecule has 7 heteroatoms. The number of hydrogen-bond acceptors (Lipinski definition) is 6. The summed E-state index contributed by atoms with van der Waals surface area (Å²) in [6.45, 7) is 2.32. The molecule has 0 spiro atoms. The van der Waals surface area contributed by atoms with Crippen molar-refractivity contribution in [1.29, 1.82) is 0 Å². The first kappa shape index (κ1) is 21.5. The van der Waals surface area contributed by atoms with Gasteiger partial charge in [-0.25, -0.2) is 4.79 Å². The lowest BCUT2D eigenvalue weighted by atomic mass is 10.2. The minimum atomic E-state index is -0.420. The third-order valence-electron chi connectivity index (χ3n) is 4.66. The van der Waals surface area contributed by atoms with Gasteiger partial charge in [0.2, 0.25) is 11.2 Å². The molecule has 0 aliphatic rings. The predicted molar refractivity (Wildman–Crippen MR) is 121 cm³/mol. The number of rotatable bonds is 7. The maximum Gasteiger partial charge on any atom is 0.338 e. The molecule has 1 heterocycles. The molecular weight excluding hydrogens is 432 g/mol. The Morgan fingerprint density at radius 2 is 1.75 bits per heavy atom. The molecule has 162 valence electrons. The van der Waals surface area contributed by atoms with Crippen LogP contribution in [0.1, 0.15) is 22.8 Å². The Morgan fingerprint density at radius 1 is 1.00 bits per heavy atom. The molecule has 0 bridgehead atoms. The van der Waals surface area contributed by atoms with Crippen LogP contribution in [0, 0.1) is 0 Å². The van der Waals surface area contributed by atoms with Crippen molar-refractivity contribution >= 4 is 28.5 Å². The summed E-state index contributed by atoms with van der Waals surface area (Å²) in [4.78, 5) is 24.6. The van der Waals surface area contributed by atoms with Crippen molar-refractivity contribution in [2.45, 2.75) is 13.5 Å². The first-order chi connectivity index (χ1) is 15.5. The summed E-state index contributed by atoms with van der Waals surface area (Å²) in [5.41, 5.74) is 1.30. The zero-order valence-corrected chi connectivity index (χ0v) is 17.9. The van der Waals surface area contributed by atoms with Crippen molar-refractivity contribution in [3.05, 3.63) is 99.4 Å². The number of carbonyl (C=O) groups excluding carboxylic acids is 1. The van der Waals surface area contributed by atoms with Gasteiger partial charge < -0.3 is 18.6 Å². The van der Waals surface area contributed by atoms with Crippen molar-refractivity contribution in [2.75, 3.05) is 6.61 Å². The number of halogens is 1. The lowest BCUT2D eigenvalue weighted by molar-refractivity contribution is 0.0526. The number of hydrogen-bond donors (Lipinski definition) is 0. The van der Waals surface area contributed by atoms with E-state index < -0.39 is 5.97 Å². The Balaban J connectivity index is 1.50. The van der Waals surface area contributed by atoms with E-state index in [2.05, 4.69) is 0 Å². The first-order valence-electron chi connectivity index (χ1n) is 9.92. The van der Waals surface area contributed by atoms with E-state index >= 15 is 0 Å². The van der Waals surface area contributed by atoms with E-state index in [0.717, 1.165) is 5.56 Å². The largest absolute Gasteiger partial charge is 0.489 e. The lowest BCUT2D eigenvalue weighted by Gasteiger charge is -2.09. The van der Waals surface area contributed by atoms with E-state index in [4.69, 9.17) is 30.2 Å². The molecule has 4 aromatic rings. The molecule has 0 atom stereocenters. The molecule has 32 heavy (non-hydrogen) atoms. The van der Waals surface area contributed by atoms with Gasteiger partial charge in [-0.2, -0.15) is 0 Å². The fourth-order valence-electron chi connectivity index (χ4n) is 3.03. The van der Waals surface area contributed by atoms with Gasteiger partial charge in [-0.1, -0.05) is 29.8 Å². The Kier molecular flexibility index (Phi) is 6.42. The summed E-state index contributed by atoms with van der Waals surface area (Å²) < 4.78 is 22.0. The quantitative estimate of drug-likeness (QED) is 0.322. The Bertz CT molecular complexity index is 1310. The van der Waals surface area contributed by atoms with Gasteiger partial charge in [-0.05, 0) is 49.4 Å². The van der Waals surface area contributed by atoms with Crippen LogP contribution in [0.2, 0.25) is 5.02 Å². The van der Waals surface area contributed by atoms with Crippen LogP contribution in [0.5, 0.6) is 17.2 Å². The second-order valence-corrected chi connectivity index (χ2v) is 7.22. The number of esters is 1. The highest BCUT2D eigenvalue weighted by atomic mass is 35.5. The van der Waals surface area contributed by atoms with E-state index in [1.807, 2.05) is 18.2 Å². The zero-order valence-electron chi connectivity index (χ0n) is 17.2. The van der Waals surface area contributed by atoms with Gasteiger partial charge in [-0.3, -0.25) is 4.79 Å². The van der Waals surface area contributed by atoms with E-state index in [0.29, 0.717) is 46.3 Å². The van der Waals surface area contributed by atoms with Crippen molar-refractivity contribution in [3.63, 3.8) is 0 Å². The van der Waals surface area contributed by atoms with Gasteiger partial charge in [-0.15, -0.1) is 0 Å². The van der Waals surface area contributed by atoms with Gasteiger partial charge >= 0.3 is 5.97 Å². The molecule has 6 nitrogen and oxygen atoms in total. The Hall–Kier alpha value is -3.77. The van der Waals surface area contributed by atoms with Gasteiger partial charge in [0.25, 0.3) is 0 Å². The average Bonchev–Trinajstić information content (AvgIpc) is 2.81. The number of fused-ring (bicyclic) bond motifs is 1. The van der Waals surface area contributed by atoms with Crippen LogP contribution in [0.15, 0.2) is 82.2 Å². The normalized spacial score (nSPS) is 10.7. The zero-order chi connectivity index (χ0) is 22.5. The smallest absolute Gasteiger partial charge is 0.338 e. The van der Waals surface area contributed by atoms with Gasteiger partial charge in [0, 0.05) is 16.7 Å². The molecule has 0 saturated carbocycles. The summed E-state index contributed by atoms with van der Waals surface area (Å²) in [7, 11) is 0. The predicted octanol–water partition coefficient (Wildman–Crippen LogP) is 5.99. The van der Waals surface area contributed by atoms with Crippen LogP contribution in [-0.4, -0.2) is 12.6 Å². The van der Waals surface area contributed by atoms with Crippen molar-refractivity contribution < 1.29 is 23.4 Å². The third kappa shape index (κ3) is 4.76. The highest BCUT2D eigenvalue weighted by Crippen LogP contribution is 2.25. The molecule has 0 unspecified atom stereocenters. The molecule has 0 aliphatic heterocycles. The SMILES string of the molecule is CCOC(=O)c1ccc(Oc2coc3cc(OCc4ccccc4Cl)ccc3c2=O)cc1. The Labute approximate surface area is 188 Å².